The summed E-state index contributed by atoms with van der Waals surface area (Å²) >= 11 is 1.89. The summed E-state index contributed by atoms with van der Waals surface area (Å²) in [5.74, 6) is 0.410. The van der Waals surface area contributed by atoms with E-state index in [1.165, 1.54) is 36.6 Å². The number of nitrogens with two attached hydrogens (primary N) is 1. The van der Waals surface area contributed by atoms with Gasteiger partial charge in [0, 0.05) is 80.9 Å². The van der Waals surface area contributed by atoms with Crippen LogP contribution >= 0.6 is 19.6 Å². The highest BCUT2D eigenvalue weighted by Crippen LogP contribution is 2.37. The molecule has 3 fully saturated rings. The lowest BCUT2D eigenvalue weighted by Crippen LogP contribution is -2.40. The number of phosphoric ester groups is 1. The molecule has 1 aromatic carbocycles. The minimum absolute atomic E-state index is 0.0481. The average Bonchev–Trinajstić information content (AvgIpc) is 4.02. The first kappa shape index (κ1) is 58.4. The van der Waals surface area contributed by atoms with Crippen LogP contribution in [-0.2, 0) is 32.8 Å². The number of phosphoric acid groups is 1. The van der Waals surface area contributed by atoms with E-state index in [2.05, 4.69) is 46.6 Å². The van der Waals surface area contributed by atoms with Gasteiger partial charge in [-0.05, 0) is 55.5 Å². The van der Waals surface area contributed by atoms with Gasteiger partial charge in [0.25, 0.3) is 11.8 Å². The molecule has 7 atom stereocenters. The molecule has 5 rings (SSSR count). The molecule has 25 nitrogen and oxygen atoms in total. The molecule has 0 saturated carbocycles. The second-order valence-electron chi connectivity index (χ2n) is 17.1. The number of ether oxygens (including phenoxy) is 4. The quantitative estimate of drug-likeness (QED) is 0.00882. The number of fused-ring (bicyclic) bond motifs is 1. The zero-order valence-electron chi connectivity index (χ0n) is 40.6. The molecule has 3 saturated heterocycles. The molecule has 2 aromatic rings. The van der Waals surface area contributed by atoms with Gasteiger partial charge in [0.05, 0.1) is 56.9 Å². The van der Waals surface area contributed by atoms with Crippen molar-refractivity contribution in [1.29, 1.82) is 5.41 Å². The van der Waals surface area contributed by atoms with Crippen LogP contribution in [0.4, 0.5) is 10.6 Å². The number of aromatic nitrogens is 1. The zero-order valence-corrected chi connectivity index (χ0v) is 42.3. The molecule has 1 aromatic heterocycles. The van der Waals surface area contributed by atoms with E-state index in [0.717, 1.165) is 31.4 Å². The number of thioether (sulfide) groups is 1. The third-order valence-corrected chi connectivity index (χ3v) is 13.4. The van der Waals surface area contributed by atoms with Gasteiger partial charge in [-0.3, -0.25) is 29.7 Å². The minimum Gasteiger partial charge on any atom is -0.387 e. The molecule has 0 spiro atoms. The van der Waals surface area contributed by atoms with Crippen molar-refractivity contribution >= 4 is 61.2 Å². The second kappa shape index (κ2) is 30.6. The fraction of sp³-hybridized carbons (Fsp3) is 0.543. The second-order valence-corrected chi connectivity index (χ2v) is 19.6. The number of urea groups is 1. The van der Waals surface area contributed by atoms with Crippen LogP contribution in [0.1, 0.15) is 64.8 Å². The molecule has 3 aliphatic heterocycles. The van der Waals surface area contributed by atoms with Crippen molar-refractivity contribution in [2.45, 2.75) is 80.4 Å². The fourth-order valence-corrected chi connectivity index (χ4v) is 9.47. The Balaban J connectivity index is 0.841. The first-order valence-corrected chi connectivity index (χ1v) is 26.4. The number of amidine groups is 1. The Labute approximate surface area is 427 Å². The largest absolute Gasteiger partial charge is 0.469 e. The number of nitrogens with one attached hydrogen (secondary N) is 7. The van der Waals surface area contributed by atoms with Crippen LogP contribution in [0.3, 0.4) is 0 Å². The summed E-state index contributed by atoms with van der Waals surface area (Å²) in [6, 6.07) is 10.2. The van der Waals surface area contributed by atoms with Gasteiger partial charge in [0.1, 0.15) is 30.0 Å². The fourth-order valence-electron chi connectivity index (χ4n) is 7.58. The normalized spacial score (nSPS) is 21.7. The monoisotopic (exact) mass is 1060 g/mol. The summed E-state index contributed by atoms with van der Waals surface area (Å²) in [5.41, 5.74) is 10.1. The molecule has 402 valence electrons. The van der Waals surface area contributed by atoms with E-state index in [0.29, 0.717) is 93.3 Å². The molecular formula is C46H68N11O14PS. The Morgan fingerprint density at radius 1 is 0.932 bits per heavy atom. The Bertz CT molecular complexity index is 2240. The van der Waals surface area contributed by atoms with Crippen LogP contribution in [-0.4, -0.2) is 186 Å². The molecule has 3 aliphatic rings. The molecule has 13 N–H and O–H groups in total. The van der Waals surface area contributed by atoms with Gasteiger partial charge in [0.2, 0.25) is 5.91 Å². The predicted octanol–water partition coefficient (Wildman–Crippen LogP) is 0.523. The number of rotatable bonds is 33. The van der Waals surface area contributed by atoms with Crippen molar-refractivity contribution in [2.75, 3.05) is 84.1 Å². The number of benzene rings is 1. The first-order chi connectivity index (χ1) is 35.1. The van der Waals surface area contributed by atoms with Crippen LogP contribution in [0, 0.1) is 5.41 Å². The number of nitrogens with zero attached hydrogens (tertiary/aromatic N) is 3. The van der Waals surface area contributed by atoms with E-state index in [1.54, 1.807) is 42.5 Å². The lowest BCUT2D eigenvalue weighted by Gasteiger charge is -2.25. The SMILES string of the molecule is CN(/C=C(/C=C/CNC(=O)c1ccc(/C=N/Nc2ccc(C(=O)NCCCOCCOCCOCCCNC(=O)CCCC[C@@H]3SC[C@@H]4NC(=O)N[C@@H]43)cn2)cc1)C(=N)N)C1OC(COP(=O)(O)O)C(O)C1O. The first-order valence-electron chi connectivity index (χ1n) is 23.8. The summed E-state index contributed by atoms with van der Waals surface area (Å²) in [5, 5.41) is 47.6. The number of hydrazone groups is 1. The number of carbonyl (C=O) groups is 4. The molecule has 5 amide bonds. The summed E-state index contributed by atoms with van der Waals surface area (Å²) in [6.45, 7) is 3.08. The summed E-state index contributed by atoms with van der Waals surface area (Å²) in [4.78, 5) is 72.4. The number of pyridine rings is 1. The topological polar surface area (TPSA) is 363 Å². The zero-order chi connectivity index (χ0) is 52.6. The maximum Gasteiger partial charge on any atom is 0.469 e. The lowest BCUT2D eigenvalue weighted by molar-refractivity contribution is -0.121. The molecule has 0 aliphatic carbocycles. The van der Waals surface area contributed by atoms with Crippen LogP contribution in [0.5, 0.6) is 0 Å². The van der Waals surface area contributed by atoms with Crippen LogP contribution < -0.4 is 37.7 Å². The van der Waals surface area contributed by atoms with E-state index in [-0.39, 0.29) is 53.8 Å². The van der Waals surface area contributed by atoms with E-state index in [4.69, 9.17) is 39.9 Å². The minimum atomic E-state index is -4.83. The number of amides is 5. The van der Waals surface area contributed by atoms with E-state index in [1.807, 2.05) is 11.8 Å². The Morgan fingerprint density at radius 2 is 1.60 bits per heavy atom. The maximum absolute atomic E-state index is 12.7. The third-order valence-electron chi connectivity index (χ3n) is 11.4. The summed E-state index contributed by atoms with van der Waals surface area (Å²) in [7, 11) is -3.35. The summed E-state index contributed by atoms with van der Waals surface area (Å²) in [6.07, 6.45) is 6.62. The number of carbonyl (C=O) groups excluding carboxylic acids is 4. The Morgan fingerprint density at radius 3 is 2.27 bits per heavy atom. The average molecular weight is 1060 g/mol. The van der Waals surface area contributed by atoms with Crippen molar-refractivity contribution in [3.8, 4) is 0 Å². The highest BCUT2D eigenvalue weighted by Gasteiger charge is 2.45. The highest BCUT2D eigenvalue weighted by molar-refractivity contribution is 8.00. The standard InChI is InChI=1S/C46H68N11O14PS/c1-57(45-41(60)40(59)35(71-45)28-70-72(64,65)66)27-33(42(47)48)7-4-16-50-43(61)31-12-10-30(11-13-31)25-53-56-37-15-14-32(26-52-37)44(62)51-18-6-20-68-22-24-69-23-21-67-19-5-17-49-38(58)9-3-2-8-36-39-34(29-73-36)54-46(63)55-39/h4,7,10-15,25-27,34-36,39-41,45,59-60H,2-3,5-6,8-9,16-24,28-29H2,1H3,(H3,47,48)(H,49,58)(H,50,61)(H,51,62)(H,52,56)(H2,54,55,63)(H2,64,65,66)/b7-4+,33-27-,53-25+/t34-,35?,36-,39-,40?,41?,45?/m0/s1. The third kappa shape index (κ3) is 20.7. The molecular weight excluding hydrogens is 994 g/mol. The molecule has 0 radical (unpaired) electrons. The number of aliphatic hydroxyl groups is 2. The number of hydrogen-bond donors (Lipinski definition) is 12. The molecule has 27 heteroatoms. The molecule has 73 heavy (non-hydrogen) atoms. The van der Waals surface area contributed by atoms with Crippen molar-refractivity contribution in [2.24, 2.45) is 10.8 Å². The van der Waals surface area contributed by atoms with Gasteiger partial charge in [-0.2, -0.15) is 16.9 Å². The summed E-state index contributed by atoms with van der Waals surface area (Å²) < 4.78 is 37.6. The van der Waals surface area contributed by atoms with E-state index < -0.39 is 39.0 Å². The van der Waals surface area contributed by atoms with Gasteiger partial charge < -0.3 is 76.2 Å². The number of anilines is 1. The van der Waals surface area contributed by atoms with Crippen molar-refractivity contribution in [3.63, 3.8) is 0 Å². The molecule has 4 heterocycles. The smallest absolute Gasteiger partial charge is 0.387 e. The number of likely N-dealkylation sites (N-methyl/N-ethyl adjacent to an activating group) is 1. The van der Waals surface area contributed by atoms with Gasteiger partial charge in [0.15, 0.2) is 6.23 Å². The lowest BCUT2D eigenvalue weighted by atomic mass is 10.0. The van der Waals surface area contributed by atoms with E-state index in [9.17, 15) is 34.0 Å². The van der Waals surface area contributed by atoms with Crippen LogP contribution in [0.15, 0.2) is 71.6 Å². The van der Waals surface area contributed by atoms with Crippen LogP contribution in [0.25, 0.3) is 0 Å². The number of hydrogen-bond acceptors (Lipinski definition) is 18. The highest BCUT2D eigenvalue weighted by atomic mass is 32.2. The maximum atomic E-state index is 12.7. The van der Waals surface area contributed by atoms with Gasteiger partial charge in [-0.1, -0.05) is 30.7 Å². The van der Waals surface area contributed by atoms with Gasteiger partial charge in [-0.25, -0.2) is 14.3 Å². The van der Waals surface area contributed by atoms with Crippen molar-refractivity contribution in [3.05, 3.63) is 83.2 Å². The predicted molar refractivity (Wildman–Crippen MR) is 271 cm³/mol. The Kier molecular flexibility index (Phi) is 24.5. The van der Waals surface area contributed by atoms with Crippen molar-refractivity contribution < 1.29 is 67.2 Å². The van der Waals surface area contributed by atoms with Crippen LogP contribution in [0.2, 0.25) is 0 Å². The molecule has 4 unspecified atom stereocenters. The van der Waals surface area contributed by atoms with Crippen molar-refractivity contribution in [1.82, 2.24) is 36.5 Å². The Hall–Kier alpha value is -5.51. The van der Waals surface area contributed by atoms with Gasteiger partial charge in [-0.15, -0.1) is 0 Å². The number of aliphatic hydroxyl groups excluding tert-OH is 2. The van der Waals surface area contributed by atoms with Gasteiger partial charge >= 0.3 is 13.9 Å². The number of unbranched alkanes of at least 4 members (excludes halogenated alkanes) is 1. The van der Waals surface area contributed by atoms with E-state index >= 15 is 0 Å². The molecule has 0 bridgehead atoms.